The summed E-state index contributed by atoms with van der Waals surface area (Å²) in [4.78, 5) is 22.7. The molecular formula is C16H19N5O. The minimum Gasteiger partial charge on any atom is -0.336 e. The van der Waals surface area contributed by atoms with Crippen LogP contribution in [0.1, 0.15) is 16.1 Å². The Bertz CT molecular complexity index is 650. The fourth-order valence-electron chi connectivity index (χ4n) is 2.38. The van der Waals surface area contributed by atoms with Crippen molar-refractivity contribution in [1.82, 2.24) is 20.2 Å². The second kappa shape index (κ2) is 6.53. The van der Waals surface area contributed by atoms with Crippen LogP contribution >= 0.6 is 0 Å². The highest BCUT2D eigenvalue weighted by Crippen LogP contribution is 2.15. The molecule has 0 atom stereocenters. The third-order valence-electron chi connectivity index (χ3n) is 3.59. The second-order valence-electron chi connectivity index (χ2n) is 5.27. The number of aryl methyl sites for hydroxylation is 1. The van der Waals surface area contributed by atoms with E-state index in [1.807, 2.05) is 42.2 Å². The zero-order valence-corrected chi connectivity index (χ0v) is 12.5. The lowest BCUT2D eigenvalue weighted by Gasteiger charge is -2.27. The van der Waals surface area contributed by atoms with Gasteiger partial charge >= 0.3 is 0 Å². The number of rotatable bonds is 3. The quantitative estimate of drug-likeness (QED) is 0.900. The van der Waals surface area contributed by atoms with Gasteiger partial charge < -0.3 is 15.5 Å². The monoisotopic (exact) mass is 297 g/mol. The molecule has 114 valence electrons. The molecule has 6 nitrogen and oxygen atoms in total. The Morgan fingerprint density at radius 2 is 1.91 bits per heavy atom. The zero-order chi connectivity index (χ0) is 15.4. The molecule has 1 aromatic carbocycles. The van der Waals surface area contributed by atoms with Crippen molar-refractivity contribution in [1.29, 1.82) is 0 Å². The summed E-state index contributed by atoms with van der Waals surface area (Å²) in [7, 11) is 0. The fourth-order valence-corrected chi connectivity index (χ4v) is 2.38. The highest BCUT2D eigenvalue weighted by molar-refractivity contribution is 5.94. The van der Waals surface area contributed by atoms with Gasteiger partial charge in [-0.05, 0) is 37.3 Å². The van der Waals surface area contributed by atoms with Crippen LogP contribution in [0, 0.1) is 6.92 Å². The summed E-state index contributed by atoms with van der Waals surface area (Å²) < 4.78 is 0. The number of anilines is 2. The van der Waals surface area contributed by atoms with E-state index in [2.05, 4.69) is 20.6 Å². The zero-order valence-electron chi connectivity index (χ0n) is 12.5. The Kier molecular flexibility index (Phi) is 4.29. The smallest absolute Gasteiger partial charge is 0.253 e. The molecule has 3 rings (SSSR count). The molecule has 1 aliphatic heterocycles. The molecule has 2 aromatic rings. The molecule has 1 aliphatic rings. The van der Waals surface area contributed by atoms with Gasteiger partial charge in [-0.15, -0.1) is 0 Å². The number of hydrogen-bond donors (Lipinski definition) is 2. The third kappa shape index (κ3) is 3.40. The van der Waals surface area contributed by atoms with E-state index in [9.17, 15) is 4.79 Å². The number of nitrogens with zero attached hydrogens (tertiary/aromatic N) is 3. The average Bonchev–Trinajstić information content (AvgIpc) is 2.56. The summed E-state index contributed by atoms with van der Waals surface area (Å²) >= 11 is 0. The van der Waals surface area contributed by atoms with Crippen LogP contribution in [0.3, 0.4) is 0 Å². The van der Waals surface area contributed by atoms with Gasteiger partial charge in [0.1, 0.15) is 0 Å². The van der Waals surface area contributed by atoms with Crippen LogP contribution in [-0.2, 0) is 0 Å². The predicted molar refractivity (Wildman–Crippen MR) is 85.3 cm³/mol. The average molecular weight is 297 g/mol. The molecule has 1 saturated heterocycles. The lowest BCUT2D eigenvalue weighted by atomic mass is 10.1. The van der Waals surface area contributed by atoms with Gasteiger partial charge in [0.2, 0.25) is 5.95 Å². The van der Waals surface area contributed by atoms with E-state index in [1.165, 1.54) is 0 Å². The minimum atomic E-state index is 0.0832. The summed E-state index contributed by atoms with van der Waals surface area (Å²) in [5.41, 5.74) is 2.48. The molecule has 0 radical (unpaired) electrons. The first-order chi connectivity index (χ1) is 10.7. The van der Waals surface area contributed by atoms with Crippen molar-refractivity contribution in [2.45, 2.75) is 6.92 Å². The van der Waals surface area contributed by atoms with Crippen molar-refractivity contribution in [2.24, 2.45) is 0 Å². The summed E-state index contributed by atoms with van der Waals surface area (Å²) in [5.74, 6) is 0.640. The van der Waals surface area contributed by atoms with Gasteiger partial charge in [-0.3, -0.25) is 4.79 Å². The lowest BCUT2D eigenvalue weighted by Crippen LogP contribution is -2.46. The standard InChI is InChI=1S/C16H19N5O/c1-12-6-7-18-16(19-12)20-14-4-2-13(3-5-14)15(22)21-10-8-17-9-11-21/h2-7,17H,8-11H2,1H3,(H,18,19,20). The Balaban J connectivity index is 1.68. The van der Waals surface area contributed by atoms with E-state index in [1.54, 1.807) is 6.20 Å². The third-order valence-corrected chi connectivity index (χ3v) is 3.59. The highest BCUT2D eigenvalue weighted by Gasteiger charge is 2.17. The number of amides is 1. The molecule has 2 heterocycles. The van der Waals surface area contributed by atoms with Crippen LogP contribution in [-0.4, -0.2) is 47.0 Å². The molecule has 0 saturated carbocycles. The van der Waals surface area contributed by atoms with Crippen LogP contribution in [0.5, 0.6) is 0 Å². The number of benzene rings is 1. The summed E-state index contributed by atoms with van der Waals surface area (Å²) in [6.45, 7) is 5.15. The van der Waals surface area contributed by atoms with Gasteiger partial charge in [0.25, 0.3) is 5.91 Å². The minimum absolute atomic E-state index is 0.0832. The molecule has 1 amide bonds. The van der Waals surface area contributed by atoms with E-state index < -0.39 is 0 Å². The first-order valence-corrected chi connectivity index (χ1v) is 7.39. The highest BCUT2D eigenvalue weighted by atomic mass is 16.2. The normalized spacial score (nSPS) is 14.7. The molecule has 0 spiro atoms. The van der Waals surface area contributed by atoms with Crippen molar-refractivity contribution >= 4 is 17.5 Å². The van der Waals surface area contributed by atoms with Gasteiger partial charge in [0, 0.05) is 49.3 Å². The maximum atomic E-state index is 12.4. The number of carbonyl (C=O) groups excluding carboxylic acids is 1. The lowest BCUT2D eigenvalue weighted by molar-refractivity contribution is 0.0736. The number of carbonyl (C=O) groups is 1. The van der Waals surface area contributed by atoms with Crippen molar-refractivity contribution in [3.8, 4) is 0 Å². The number of piperazine rings is 1. The Morgan fingerprint density at radius 3 is 2.59 bits per heavy atom. The van der Waals surface area contributed by atoms with Crippen molar-refractivity contribution in [3.05, 3.63) is 47.8 Å². The SMILES string of the molecule is Cc1ccnc(Nc2ccc(C(=O)N3CCNCC3)cc2)n1. The van der Waals surface area contributed by atoms with Crippen LogP contribution in [0.2, 0.25) is 0 Å². The van der Waals surface area contributed by atoms with Crippen LogP contribution in [0.25, 0.3) is 0 Å². The largest absolute Gasteiger partial charge is 0.336 e. The Morgan fingerprint density at radius 1 is 1.18 bits per heavy atom. The molecule has 22 heavy (non-hydrogen) atoms. The van der Waals surface area contributed by atoms with E-state index in [0.29, 0.717) is 11.5 Å². The molecular weight excluding hydrogens is 278 g/mol. The van der Waals surface area contributed by atoms with Crippen LogP contribution in [0.15, 0.2) is 36.5 Å². The number of hydrogen-bond acceptors (Lipinski definition) is 5. The van der Waals surface area contributed by atoms with E-state index in [-0.39, 0.29) is 5.91 Å². The molecule has 2 N–H and O–H groups in total. The van der Waals surface area contributed by atoms with E-state index in [4.69, 9.17) is 0 Å². The first kappa shape index (κ1) is 14.5. The van der Waals surface area contributed by atoms with Crippen LogP contribution < -0.4 is 10.6 Å². The molecule has 0 bridgehead atoms. The molecule has 0 unspecified atom stereocenters. The molecule has 0 aliphatic carbocycles. The molecule has 1 aromatic heterocycles. The van der Waals surface area contributed by atoms with Gasteiger partial charge in [-0.1, -0.05) is 0 Å². The fraction of sp³-hybridized carbons (Fsp3) is 0.312. The predicted octanol–water partition coefficient (Wildman–Crippen LogP) is 1.57. The first-order valence-electron chi connectivity index (χ1n) is 7.39. The Labute approximate surface area is 129 Å². The molecule has 1 fully saturated rings. The summed E-state index contributed by atoms with van der Waals surface area (Å²) in [6.07, 6.45) is 1.72. The summed E-state index contributed by atoms with van der Waals surface area (Å²) in [5, 5.41) is 6.38. The van der Waals surface area contributed by atoms with Crippen molar-refractivity contribution in [3.63, 3.8) is 0 Å². The maximum absolute atomic E-state index is 12.4. The van der Waals surface area contributed by atoms with Crippen molar-refractivity contribution in [2.75, 3.05) is 31.5 Å². The van der Waals surface area contributed by atoms with Crippen LogP contribution in [0.4, 0.5) is 11.6 Å². The topological polar surface area (TPSA) is 70.2 Å². The van der Waals surface area contributed by atoms with Gasteiger partial charge in [0.05, 0.1) is 0 Å². The number of nitrogens with one attached hydrogen (secondary N) is 2. The van der Waals surface area contributed by atoms with Gasteiger partial charge in [-0.25, -0.2) is 9.97 Å². The molecule has 6 heteroatoms. The Hall–Kier alpha value is -2.47. The van der Waals surface area contributed by atoms with E-state index in [0.717, 1.165) is 37.6 Å². The number of aromatic nitrogens is 2. The van der Waals surface area contributed by atoms with Gasteiger partial charge in [0.15, 0.2) is 0 Å². The maximum Gasteiger partial charge on any atom is 0.253 e. The second-order valence-corrected chi connectivity index (χ2v) is 5.27. The van der Waals surface area contributed by atoms with E-state index >= 15 is 0 Å². The van der Waals surface area contributed by atoms with Gasteiger partial charge in [-0.2, -0.15) is 0 Å². The van der Waals surface area contributed by atoms with Crippen molar-refractivity contribution < 1.29 is 4.79 Å². The summed E-state index contributed by atoms with van der Waals surface area (Å²) in [6, 6.07) is 9.27.